The number of amides is 1. The zero-order chi connectivity index (χ0) is 12.3. The van der Waals surface area contributed by atoms with Crippen LogP contribution in [-0.4, -0.2) is 30.8 Å². The Balaban J connectivity index is 0.00000256. The molecule has 17 heavy (non-hydrogen) atoms. The van der Waals surface area contributed by atoms with Crippen molar-refractivity contribution >= 4 is 35.6 Å². The van der Waals surface area contributed by atoms with Crippen molar-refractivity contribution in [2.75, 3.05) is 19.3 Å². The highest BCUT2D eigenvalue weighted by Gasteiger charge is 2.18. The highest BCUT2D eigenvalue weighted by Crippen LogP contribution is 2.20. The average molecular weight is 285 g/mol. The van der Waals surface area contributed by atoms with E-state index in [0.717, 1.165) is 4.90 Å². The van der Waals surface area contributed by atoms with E-state index in [9.17, 15) is 13.6 Å². The molecule has 2 N–H and O–H groups in total. The lowest BCUT2D eigenvalue weighted by Crippen LogP contribution is -2.31. The number of halogens is 4. The van der Waals surface area contributed by atoms with Gasteiger partial charge in [0.15, 0.2) is 0 Å². The number of hydrogen-bond acceptors (Lipinski definition) is 2. The number of rotatable bonds is 3. The molecule has 0 aliphatic carbocycles. The highest BCUT2D eigenvalue weighted by molar-refractivity contribution is 6.34. The van der Waals surface area contributed by atoms with Crippen LogP contribution < -0.4 is 5.73 Å². The van der Waals surface area contributed by atoms with E-state index < -0.39 is 18.9 Å². The van der Waals surface area contributed by atoms with Crippen LogP contribution in [0.3, 0.4) is 0 Å². The molecule has 0 atom stereocenters. The van der Waals surface area contributed by atoms with Gasteiger partial charge in [-0.05, 0) is 18.2 Å². The van der Waals surface area contributed by atoms with Gasteiger partial charge in [-0.3, -0.25) is 4.79 Å². The van der Waals surface area contributed by atoms with Crippen molar-refractivity contribution in [2.45, 2.75) is 6.43 Å². The van der Waals surface area contributed by atoms with Crippen LogP contribution in [0.5, 0.6) is 0 Å². The molecule has 3 nitrogen and oxygen atoms in total. The fourth-order valence-electron chi connectivity index (χ4n) is 1.20. The van der Waals surface area contributed by atoms with Gasteiger partial charge in [0.05, 0.1) is 17.1 Å². The molecule has 0 fully saturated rings. The molecule has 0 bridgehead atoms. The molecule has 0 aromatic heterocycles. The third-order valence-electron chi connectivity index (χ3n) is 1.98. The zero-order valence-electron chi connectivity index (χ0n) is 8.99. The number of nitrogens with two attached hydrogens (primary N) is 1. The van der Waals surface area contributed by atoms with Gasteiger partial charge in [0.25, 0.3) is 12.3 Å². The Morgan fingerprint density at radius 2 is 2.12 bits per heavy atom. The second kappa shape index (κ2) is 6.61. The highest BCUT2D eigenvalue weighted by atomic mass is 35.5. The van der Waals surface area contributed by atoms with Crippen molar-refractivity contribution in [3.05, 3.63) is 28.8 Å². The summed E-state index contributed by atoms with van der Waals surface area (Å²) in [7, 11) is 1.29. The van der Waals surface area contributed by atoms with Crippen LogP contribution >= 0.6 is 24.0 Å². The number of nitrogen functional groups attached to an aromatic ring is 1. The molecular weight excluding hydrogens is 273 g/mol. The number of nitrogens with zero attached hydrogens (tertiary/aromatic N) is 1. The summed E-state index contributed by atoms with van der Waals surface area (Å²) in [6, 6.07) is 4.32. The first-order valence-corrected chi connectivity index (χ1v) is 4.88. The number of carbonyl (C=O) groups is 1. The minimum Gasteiger partial charge on any atom is -0.399 e. The Bertz CT molecular complexity index is 402. The molecule has 7 heteroatoms. The Morgan fingerprint density at radius 3 is 2.59 bits per heavy atom. The number of hydrogen-bond donors (Lipinski definition) is 1. The van der Waals surface area contributed by atoms with E-state index in [4.69, 9.17) is 17.3 Å². The maximum absolute atomic E-state index is 12.1. The van der Waals surface area contributed by atoms with Gasteiger partial charge < -0.3 is 10.6 Å². The molecule has 0 saturated heterocycles. The third-order valence-corrected chi connectivity index (χ3v) is 2.29. The van der Waals surface area contributed by atoms with E-state index in [1.807, 2.05) is 0 Å². The molecule has 0 heterocycles. The molecule has 0 aliphatic heterocycles. The van der Waals surface area contributed by atoms with E-state index >= 15 is 0 Å². The lowest BCUT2D eigenvalue weighted by Gasteiger charge is -2.17. The van der Waals surface area contributed by atoms with Gasteiger partial charge in [-0.25, -0.2) is 8.78 Å². The van der Waals surface area contributed by atoms with Crippen molar-refractivity contribution in [2.24, 2.45) is 0 Å². The Labute approximate surface area is 109 Å². The fraction of sp³-hybridized carbons (Fsp3) is 0.300. The molecule has 96 valence electrons. The first-order chi connectivity index (χ1) is 7.41. The Morgan fingerprint density at radius 1 is 1.53 bits per heavy atom. The summed E-state index contributed by atoms with van der Waals surface area (Å²) in [6.45, 7) is -0.625. The van der Waals surface area contributed by atoms with Crippen molar-refractivity contribution < 1.29 is 13.6 Å². The molecule has 1 aromatic carbocycles. The Kier molecular flexibility index (Phi) is 6.20. The second-order valence-corrected chi connectivity index (χ2v) is 3.72. The van der Waals surface area contributed by atoms with Crippen LogP contribution in [0.2, 0.25) is 5.02 Å². The monoisotopic (exact) mass is 284 g/mol. The SMILES string of the molecule is CN(CC(F)F)C(=O)c1ccc(N)cc1Cl.Cl. The normalized spacial score (nSPS) is 9.94. The van der Waals surface area contributed by atoms with Gasteiger partial charge in [-0.1, -0.05) is 11.6 Å². The summed E-state index contributed by atoms with van der Waals surface area (Å²) in [5, 5.41) is 0.158. The topological polar surface area (TPSA) is 46.3 Å². The molecule has 0 saturated carbocycles. The zero-order valence-corrected chi connectivity index (χ0v) is 10.6. The van der Waals surface area contributed by atoms with Gasteiger partial charge in [-0.2, -0.15) is 0 Å². The number of alkyl halides is 2. The largest absolute Gasteiger partial charge is 0.399 e. The molecule has 0 aliphatic rings. The van der Waals surface area contributed by atoms with Crippen LogP contribution in [0.1, 0.15) is 10.4 Å². The first-order valence-electron chi connectivity index (χ1n) is 4.50. The molecule has 1 amide bonds. The molecule has 1 aromatic rings. The van der Waals surface area contributed by atoms with Crippen LogP contribution in [0, 0.1) is 0 Å². The smallest absolute Gasteiger partial charge is 0.255 e. The first kappa shape index (κ1) is 15.9. The summed E-state index contributed by atoms with van der Waals surface area (Å²) >= 11 is 5.79. The minimum absolute atomic E-state index is 0. The standard InChI is InChI=1S/C10H11ClF2N2O.ClH/c1-15(5-9(12)13)10(16)7-3-2-6(14)4-8(7)11;/h2-4,9H,5,14H2,1H3;1H. The van der Waals surface area contributed by atoms with E-state index in [1.54, 1.807) is 0 Å². The Hall–Kier alpha value is -1.07. The molecule has 1 rings (SSSR count). The van der Waals surface area contributed by atoms with E-state index in [2.05, 4.69) is 0 Å². The van der Waals surface area contributed by atoms with Gasteiger partial charge in [0.2, 0.25) is 0 Å². The van der Waals surface area contributed by atoms with Gasteiger partial charge in [0.1, 0.15) is 0 Å². The van der Waals surface area contributed by atoms with Crippen LogP contribution in [0.15, 0.2) is 18.2 Å². The van der Waals surface area contributed by atoms with Crippen molar-refractivity contribution in [3.63, 3.8) is 0 Å². The maximum Gasteiger partial charge on any atom is 0.255 e. The lowest BCUT2D eigenvalue weighted by molar-refractivity contribution is 0.0620. The average Bonchev–Trinajstić information content (AvgIpc) is 2.15. The number of carbonyl (C=O) groups excluding carboxylic acids is 1. The quantitative estimate of drug-likeness (QED) is 0.868. The van der Waals surface area contributed by atoms with Crippen molar-refractivity contribution in [3.8, 4) is 0 Å². The van der Waals surface area contributed by atoms with Gasteiger partial charge >= 0.3 is 0 Å². The van der Waals surface area contributed by atoms with Crippen LogP contribution in [0.4, 0.5) is 14.5 Å². The van der Waals surface area contributed by atoms with E-state index in [0.29, 0.717) is 5.69 Å². The second-order valence-electron chi connectivity index (χ2n) is 3.32. The summed E-state index contributed by atoms with van der Waals surface area (Å²) in [5.74, 6) is -0.551. The molecule has 0 spiro atoms. The third kappa shape index (κ3) is 4.36. The van der Waals surface area contributed by atoms with Crippen molar-refractivity contribution in [1.29, 1.82) is 0 Å². The summed E-state index contributed by atoms with van der Waals surface area (Å²) in [4.78, 5) is 12.6. The maximum atomic E-state index is 12.1. The lowest BCUT2D eigenvalue weighted by atomic mass is 10.2. The summed E-state index contributed by atoms with van der Waals surface area (Å²) < 4.78 is 24.2. The van der Waals surface area contributed by atoms with Gasteiger partial charge in [0, 0.05) is 12.7 Å². The van der Waals surface area contributed by atoms with Crippen LogP contribution in [-0.2, 0) is 0 Å². The molecular formula is C10H12Cl2F2N2O. The van der Waals surface area contributed by atoms with Gasteiger partial charge in [-0.15, -0.1) is 12.4 Å². The van der Waals surface area contributed by atoms with Crippen molar-refractivity contribution in [1.82, 2.24) is 4.90 Å². The van der Waals surface area contributed by atoms with Crippen LogP contribution in [0.25, 0.3) is 0 Å². The number of anilines is 1. The van der Waals surface area contributed by atoms with E-state index in [1.165, 1.54) is 25.2 Å². The predicted octanol–water partition coefficient (Wildman–Crippen LogP) is 2.68. The minimum atomic E-state index is -2.57. The fourth-order valence-corrected chi connectivity index (χ4v) is 1.47. The van der Waals surface area contributed by atoms with E-state index in [-0.39, 0.29) is 23.0 Å². The summed E-state index contributed by atoms with van der Waals surface area (Å²) in [5.41, 5.74) is 6.04. The molecule has 0 unspecified atom stereocenters. The predicted molar refractivity (Wildman–Crippen MR) is 66.1 cm³/mol. The summed E-state index contributed by atoms with van der Waals surface area (Å²) in [6.07, 6.45) is -2.57. The molecule has 0 radical (unpaired) electrons. The number of benzene rings is 1.